The van der Waals surface area contributed by atoms with Gasteiger partial charge < -0.3 is 9.64 Å². The molecule has 116 valence electrons. The lowest BCUT2D eigenvalue weighted by molar-refractivity contribution is 0.0876. The number of ketones is 1. The van der Waals surface area contributed by atoms with E-state index in [0.717, 1.165) is 26.2 Å². The molecule has 0 radical (unpaired) electrons. The molecule has 1 aliphatic heterocycles. The summed E-state index contributed by atoms with van der Waals surface area (Å²) < 4.78 is 17.4. The Labute approximate surface area is 125 Å². The molecule has 0 bridgehead atoms. The molecule has 2 rings (SSSR count). The van der Waals surface area contributed by atoms with E-state index in [1.165, 1.54) is 0 Å². The molecular weight excluding hydrogens is 271 g/mol. The summed E-state index contributed by atoms with van der Waals surface area (Å²) in [6.07, 6.45) is 0.393. The topological polar surface area (TPSA) is 32.8 Å². The first-order chi connectivity index (χ1) is 10.2. The molecular formula is C16H23FN2O2. The second-order valence-corrected chi connectivity index (χ2v) is 5.42. The van der Waals surface area contributed by atoms with Crippen LogP contribution in [0.2, 0.25) is 0 Å². The van der Waals surface area contributed by atoms with Gasteiger partial charge in [0.1, 0.15) is 5.75 Å². The zero-order valence-corrected chi connectivity index (χ0v) is 12.6. The van der Waals surface area contributed by atoms with Crippen molar-refractivity contribution in [3.8, 4) is 5.75 Å². The molecule has 0 spiro atoms. The minimum absolute atomic E-state index is 0.134. The second-order valence-electron chi connectivity index (χ2n) is 5.42. The summed E-state index contributed by atoms with van der Waals surface area (Å²) >= 11 is 0. The highest BCUT2D eigenvalue weighted by atomic mass is 19.1. The maximum atomic E-state index is 12.2. The number of carbonyl (C=O) groups excluding carboxylic acids is 1. The lowest BCUT2D eigenvalue weighted by atomic mass is 10.1. The minimum atomic E-state index is -0.373. The molecule has 5 heteroatoms. The van der Waals surface area contributed by atoms with E-state index in [0.29, 0.717) is 30.9 Å². The minimum Gasteiger partial charge on any atom is -0.493 e. The summed E-state index contributed by atoms with van der Waals surface area (Å²) in [6, 6.07) is 7.11. The number of piperazine rings is 1. The predicted octanol–water partition coefficient (Wildman–Crippen LogP) is 1.86. The van der Waals surface area contributed by atoms with Gasteiger partial charge in [0.25, 0.3) is 0 Å². The first-order valence-electron chi connectivity index (χ1n) is 7.42. The van der Waals surface area contributed by atoms with Crippen LogP contribution in [-0.2, 0) is 0 Å². The summed E-state index contributed by atoms with van der Waals surface area (Å²) in [4.78, 5) is 16.7. The Morgan fingerprint density at radius 1 is 1.19 bits per heavy atom. The molecule has 0 atom stereocenters. The maximum Gasteiger partial charge on any atom is 0.176 e. The summed E-state index contributed by atoms with van der Waals surface area (Å²) in [6.45, 7) is 4.35. The maximum absolute atomic E-state index is 12.2. The van der Waals surface area contributed by atoms with Crippen LogP contribution in [0.4, 0.5) is 4.39 Å². The lowest BCUT2D eigenvalue weighted by Crippen LogP contribution is -2.46. The Balaban J connectivity index is 1.82. The summed E-state index contributed by atoms with van der Waals surface area (Å²) in [5.74, 6) is 0.814. The van der Waals surface area contributed by atoms with Crippen molar-refractivity contribution in [1.82, 2.24) is 9.80 Å². The molecule has 1 saturated heterocycles. The van der Waals surface area contributed by atoms with Crippen molar-refractivity contribution in [3.63, 3.8) is 0 Å². The van der Waals surface area contributed by atoms with Crippen LogP contribution in [0, 0.1) is 0 Å². The zero-order valence-electron chi connectivity index (χ0n) is 12.6. The smallest absolute Gasteiger partial charge is 0.176 e. The number of nitrogens with zero attached hydrogens (tertiary/aromatic N) is 2. The third-order valence-electron chi connectivity index (χ3n) is 3.69. The monoisotopic (exact) mass is 294 g/mol. The normalized spacial score (nSPS) is 16.9. The van der Waals surface area contributed by atoms with E-state index in [1.807, 2.05) is 0 Å². The number of rotatable bonds is 7. The largest absolute Gasteiger partial charge is 0.493 e. The molecule has 4 nitrogen and oxygen atoms in total. The van der Waals surface area contributed by atoms with Gasteiger partial charge in [-0.25, -0.2) is 0 Å². The molecule has 0 aromatic heterocycles. The standard InChI is InChI=1S/C16H23FN2O2/c1-18-8-10-19(11-9-18)13-16(20)14-3-5-15(6-4-14)21-12-2-7-17/h3-6H,2,7-13H2,1H3. The van der Waals surface area contributed by atoms with Crippen molar-refractivity contribution in [2.45, 2.75) is 6.42 Å². The van der Waals surface area contributed by atoms with E-state index in [1.54, 1.807) is 24.3 Å². The zero-order chi connectivity index (χ0) is 15.1. The fourth-order valence-electron chi connectivity index (χ4n) is 2.28. The Hall–Kier alpha value is -1.46. The van der Waals surface area contributed by atoms with Crippen LogP contribution in [-0.4, -0.2) is 68.6 Å². The Bertz CT molecular complexity index is 442. The molecule has 1 heterocycles. The summed E-state index contributed by atoms with van der Waals surface area (Å²) in [5.41, 5.74) is 0.701. The van der Waals surface area contributed by atoms with E-state index in [4.69, 9.17) is 4.74 Å². The predicted molar refractivity (Wildman–Crippen MR) is 80.8 cm³/mol. The van der Waals surface area contributed by atoms with Gasteiger partial charge in [-0.1, -0.05) is 0 Å². The van der Waals surface area contributed by atoms with E-state index >= 15 is 0 Å². The van der Waals surface area contributed by atoms with Gasteiger partial charge in [-0.15, -0.1) is 0 Å². The van der Waals surface area contributed by atoms with Crippen molar-refractivity contribution in [3.05, 3.63) is 29.8 Å². The molecule has 1 aromatic carbocycles. The van der Waals surface area contributed by atoms with Crippen LogP contribution in [0.25, 0.3) is 0 Å². The number of benzene rings is 1. The Kier molecular flexibility index (Phi) is 6.14. The number of alkyl halides is 1. The van der Waals surface area contributed by atoms with Gasteiger partial charge in [-0.2, -0.15) is 0 Å². The van der Waals surface area contributed by atoms with E-state index in [9.17, 15) is 9.18 Å². The SMILES string of the molecule is CN1CCN(CC(=O)c2ccc(OCCCF)cc2)CC1. The van der Waals surface area contributed by atoms with Gasteiger partial charge >= 0.3 is 0 Å². The first kappa shape index (κ1) is 15.9. The number of halogens is 1. The second kappa shape index (κ2) is 8.10. The number of hydrogen-bond acceptors (Lipinski definition) is 4. The number of Topliss-reactive ketones (excluding diaryl/α,β-unsaturated/α-hetero) is 1. The highest BCUT2D eigenvalue weighted by Crippen LogP contribution is 2.13. The third-order valence-corrected chi connectivity index (χ3v) is 3.69. The summed E-state index contributed by atoms with van der Waals surface area (Å²) in [5, 5.41) is 0. The van der Waals surface area contributed by atoms with Crippen LogP contribution in [0.1, 0.15) is 16.8 Å². The average Bonchev–Trinajstić information content (AvgIpc) is 2.50. The fourth-order valence-corrected chi connectivity index (χ4v) is 2.28. The van der Waals surface area contributed by atoms with Crippen molar-refractivity contribution >= 4 is 5.78 Å². The van der Waals surface area contributed by atoms with Crippen LogP contribution in [0.5, 0.6) is 5.75 Å². The number of likely N-dealkylation sites (N-methyl/N-ethyl adjacent to an activating group) is 1. The highest BCUT2D eigenvalue weighted by molar-refractivity contribution is 5.97. The third kappa shape index (κ3) is 5.10. The quantitative estimate of drug-likeness (QED) is 0.567. The van der Waals surface area contributed by atoms with Gasteiger partial charge in [-0.3, -0.25) is 14.1 Å². The number of ether oxygens (including phenoxy) is 1. The summed E-state index contributed by atoms with van der Waals surface area (Å²) in [7, 11) is 2.10. The number of carbonyl (C=O) groups is 1. The van der Waals surface area contributed by atoms with E-state index < -0.39 is 0 Å². The van der Waals surface area contributed by atoms with Crippen LogP contribution in [0.15, 0.2) is 24.3 Å². The van der Waals surface area contributed by atoms with Gasteiger partial charge in [-0.05, 0) is 31.3 Å². The van der Waals surface area contributed by atoms with Crippen LogP contribution in [0.3, 0.4) is 0 Å². The molecule has 1 aromatic rings. The molecule has 21 heavy (non-hydrogen) atoms. The van der Waals surface area contributed by atoms with E-state index in [-0.39, 0.29) is 12.5 Å². The first-order valence-corrected chi connectivity index (χ1v) is 7.42. The van der Waals surface area contributed by atoms with Crippen LogP contribution >= 0.6 is 0 Å². The van der Waals surface area contributed by atoms with Crippen molar-refractivity contribution in [1.29, 1.82) is 0 Å². The molecule has 0 saturated carbocycles. The van der Waals surface area contributed by atoms with Crippen molar-refractivity contribution in [2.24, 2.45) is 0 Å². The Morgan fingerprint density at radius 2 is 1.86 bits per heavy atom. The molecule has 0 unspecified atom stereocenters. The molecule has 1 aliphatic rings. The molecule has 0 amide bonds. The lowest BCUT2D eigenvalue weighted by Gasteiger charge is -2.31. The molecule has 0 N–H and O–H groups in total. The fraction of sp³-hybridized carbons (Fsp3) is 0.562. The average molecular weight is 294 g/mol. The van der Waals surface area contributed by atoms with Crippen molar-refractivity contribution < 1.29 is 13.9 Å². The van der Waals surface area contributed by atoms with Gasteiger partial charge in [0, 0.05) is 38.2 Å². The molecule has 1 fully saturated rings. The van der Waals surface area contributed by atoms with E-state index in [2.05, 4.69) is 16.8 Å². The highest BCUT2D eigenvalue weighted by Gasteiger charge is 2.17. The van der Waals surface area contributed by atoms with Gasteiger partial charge in [0.2, 0.25) is 0 Å². The number of hydrogen-bond donors (Lipinski definition) is 0. The van der Waals surface area contributed by atoms with Gasteiger partial charge in [0.05, 0.1) is 19.8 Å². The van der Waals surface area contributed by atoms with Crippen LogP contribution < -0.4 is 4.74 Å². The van der Waals surface area contributed by atoms with Crippen molar-refractivity contribution in [2.75, 3.05) is 53.1 Å². The Morgan fingerprint density at radius 3 is 2.48 bits per heavy atom. The van der Waals surface area contributed by atoms with Gasteiger partial charge in [0.15, 0.2) is 5.78 Å². The molecule has 0 aliphatic carbocycles.